The second-order valence-electron chi connectivity index (χ2n) is 10.6. The molecule has 0 aromatic heterocycles. The van der Waals surface area contributed by atoms with E-state index in [4.69, 9.17) is 4.74 Å². The molecule has 3 saturated heterocycles. The summed E-state index contributed by atoms with van der Waals surface area (Å²) in [7, 11) is 1.71. The normalized spacial score (nSPS) is 33.1. The van der Waals surface area contributed by atoms with Gasteiger partial charge in [0.2, 0.25) is 17.7 Å². The largest absolute Gasteiger partial charge is 0.396 e. The highest BCUT2D eigenvalue weighted by atomic mass is 16.5. The number of unbranched alkanes of at least 4 members (excludes halogenated alkanes) is 2. The fraction of sp³-hybridized carbons (Fsp3) is 0.741. The summed E-state index contributed by atoms with van der Waals surface area (Å²) in [6, 6.07) is -0.820. The molecule has 3 aliphatic heterocycles. The Bertz CT molecular complexity index is 847. The van der Waals surface area contributed by atoms with Crippen LogP contribution in [-0.2, 0) is 19.1 Å². The van der Waals surface area contributed by atoms with Gasteiger partial charge in [-0.1, -0.05) is 38.8 Å². The Hall–Kier alpha value is -2.19. The zero-order valence-electron chi connectivity index (χ0n) is 21.9. The maximum absolute atomic E-state index is 14.1. The van der Waals surface area contributed by atoms with Gasteiger partial charge < -0.3 is 24.5 Å². The van der Waals surface area contributed by atoms with Crippen LogP contribution in [0.25, 0.3) is 0 Å². The Balaban J connectivity index is 2.06. The van der Waals surface area contributed by atoms with E-state index in [0.29, 0.717) is 32.5 Å². The minimum absolute atomic E-state index is 0.00123. The molecule has 8 heteroatoms. The third-order valence-corrected chi connectivity index (χ3v) is 8.34. The first kappa shape index (κ1) is 27.4. The second-order valence-corrected chi connectivity index (χ2v) is 10.6. The number of rotatable bonds is 13. The molecule has 0 aromatic rings. The molecule has 0 aliphatic carbocycles. The summed E-state index contributed by atoms with van der Waals surface area (Å²) in [6.45, 7) is 15.1. The quantitative estimate of drug-likeness (QED) is 0.317. The van der Waals surface area contributed by atoms with Crippen LogP contribution in [0, 0.1) is 17.8 Å². The predicted molar refractivity (Wildman–Crippen MR) is 134 cm³/mol. The number of carbonyl (C=O) groups is 3. The van der Waals surface area contributed by atoms with Crippen LogP contribution in [0.5, 0.6) is 0 Å². The highest BCUT2D eigenvalue weighted by Crippen LogP contribution is 2.65. The average Bonchev–Trinajstić information content (AvgIpc) is 3.33. The molecule has 35 heavy (non-hydrogen) atoms. The van der Waals surface area contributed by atoms with E-state index in [9.17, 15) is 19.5 Å². The molecule has 1 N–H and O–H groups in total. The number of likely N-dealkylation sites (tertiary alicyclic amines) is 1. The summed E-state index contributed by atoms with van der Waals surface area (Å²) in [5.74, 6) is -1.92. The Labute approximate surface area is 210 Å². The first-order valence-corrected chi connectivity index (χ1v) is 13.0. The molecule has 3 unspecified atom stereocenters. The number of fused-ring (bicyclic) bond motifs is 1. The number of hydrogen-bond donors (Lipinski definition) is 1. The molecule has 8 nitrogen and oxygen atoms in total. The topological polar surface area (TPSA) is 90.4 Å². The summed E-state index contributed by atoms with van der Waals surface area (Å²) >= 11 is 0. The number of amides is 3. The van der Waals surface area contributed by atoms with E-state index in [1.54, 1.807) is 33.9 Å². The number of carbonyl (C=O) groups excluding carboxylic acids is 3. The van der Waals surface area contributed by atoms with Gasteiger partial charge in [0.05, 0.1) is 17.4 Å². The highest BCUT2D eigenvalue weighted by Gasteiger charge is 2.80. The van der Waals surface area contributed by atoms with E-state index < -0.39 is 29.1 Å². The standard InChI is InChI=1S/C27H43N3O5/c1-7-10-11-15-29(14-9-3)25(34)22-27-18-19(4)26(5,35-27)20(23(32)28(6)13-8-2)21(27)24(33)30(22)16-12-17-31/h8-9,19-22,31H,2-3,7,10-18H2,1,4-6H3/t19?,20-,21+,22?,26+,27?/m1/s1. The zero-order chi connectivity index (χ0) is 26.0. The number of likely N-dealkylation sites (N-methyl/N-ethyl adjacent to an activating group) is 1. The first-order valence-electron chi connectivity index (χ1n) is 13.0. The van der Waals surface area contributed by atoms with Crippen LogP contribution in [0.2, 0.25) is 0 Å². The van der Waals surface area contributed by atoms with Crippen molar-refractivity contribution in [3.63, 3.8) is 0 Å². The Morgan fingerprint density at radius 3 is 2.49 bits per heavy atom. The van der Waals surface area contributed by atoms with Crippen molar-refractivity contribution in [1.29, 1.82) is 0 Å². The molecule has 3 heterocycles. The number of ether oxygens (including phenoxy) is 1. The summed E-state index contributed by atoms with van der Waals surface area (Å²) in [5, 5.41) is 9.51. The number of aliphatic hydroxyl groups is 1. The molecular weight excluding hydrogens is 446 g/mol. The minimum Gasteiger partial charge on any atom is -0.396 e. The molecule has 1 spiro atoms. The lowest BCUT2D eigenvalue weighted by molar-refractivity contribution is -0.154. The lowest BCUT2D eigenvalue weighted by Crippen LogP contribution is -2.57. The van der Waals surface area contributed by atoms with E-state index >= 15 is 0 Å². The zero-order valence-corrected chi connectivity index (χ0v) is 21.9. The third-order valence-electron chi connectivity index (χ3n) is 8.34. The van der Waals surface area contributed by atoms with E-state index in [0.717, 1.165) is 19.3 Å². The second kappa shape index (κ2) is 10.8. The number of aliphatic hydroxyl groups excluding tert-OH is 1. The Morgan fingerprint density at radius 1 is 1.20 bits per heavy atom. The van der Waals surface area contributed by atoms with E-state index in [1.165, 1.54) is 0 Å². The van der Waals surface area contributed by atoms with Crippen molar-refractivity contribution in [2.75, 3.05) is 39.8 Å². The summed E-state index contributed by atoms with van der Waals surface area (Å²) in [5.41, 5.74) is -1.89. The van der Waals surface area contributed by atoms with Crippen LogP contribution in [0.15, 0.2) is 25.3 Å². The third kappa shape index (κ3) is 4.44. The van der Waals surface area contributed by atoms with Crippen molar-refractivity contribution in [2.24, 2.45) is 17.8 Å². The molecule has 2 bridgehead atoms. The van der Waals surface area contributed by atoms with Gasteiger partial charge in [0, 0.05) is 39.8 Å². The van der Waals surface area contributed by atoms with Gasteiger partial charge in [-0.2, -0.15) is 0 Å². The van der Waals surface area contributed by atoms with Crippen molar-refractivity contribution >= 4 is 17.7 Å². The van der Waals surface area contributed by atoms with Crippen LogP contribution < -0.4 is 0 Å². The molecule has 0 aromatic carbocycles. The van der Waals surface area contributed by atoms with Crippen molar-refractivity contribution in [3.8, 4) is 0 Å². The summed E-state index contributed by atoms with van der Waals surface area (Å²) < 4.78 is 6.74. The maximum Gasteiger partial charge on any atom is 0.248 e. The highest BCUT2D eigenvalue weighted by molar-refractivity contribution is 5.99. The van der Waals surface area contributed by atoms with Gasteiger partial charge >= 0.3 is 0 Å². The molecule has 0 radical (unpaired) electrons. The van der Waals surface area contributed by atoms with Gasteiger partial charge in [0.1, 0.15) is 11.6 Å². The van der Waals surface area contributed by atoms with E-state index in [2.05, 4.69) is 20.1 Å². The van der Waals surface area contributed by atoms with Crippen LogP contribution in [0.3, 0.4) is 0 Å². The van der Waals surface area contributed by atoms with Crippen molar-refractivity contribution in [2.45, 2.75) is 70.1 Å². The smallest absolute Gasteiger partial charge is 0.248 e. The van der Waals surface area contributed by atoms with E-state index in [1.807, 2.05) is 13.8 Å². The molecule has 6 atom stereocenters. The summed E-state index contributed by atoms with van der Waals surface area (Å²) in [4.78, 5) is 46.7. The van der Waals surface area contributed by atoms with Crippen molar-refractivity contribution < 1.29 is 24.2 Å². The van der Waals surface area contributed by atoms with Gasteiger partial charge in [-0.3, -0.25) is 14.4 Å². The number of hydrogen-bond acceptors (Lipinski definition) is 5. The fourth-order valence-electron chi connectivity index (χ4n) is 6.57. The lowest BCUT2D eigenvalue weighted by Gasteiger charge is -2.38. The molecule has 3 amide bonds. The SMILES string of the molecule is C=CCN(C)C(=O)[C@H]1[C@H]2C(=O)N(CCCO)C(C(=O)N(CC=C)CCCCC)C23CC(C)[C@]1(C)O3. The predicted octanol–water partition coefficient (Wildman–Crippen LogP) is 2.23. The lowest BCUT2D eigenvalue weighted by atomic mass is 9.62. The molecule has 3 fully saturated rings. The molecule has 196 valence electrons. The van der Waals surface area contributed by atoms with E-state index in [-0.39, 0.29) is 36.8 Å². The maximum atomic E-state index is 14.1. The average molecular weight is 490 g/mol. The van der Waals surface area contributed by atoms with Crippen molar-refractivity contribution in [1.82, 2.24) is 14.7 Å². The summed E-state index contributed by atoms with van der Waals surface area (Å²) in [6.07, 6.45) is 7.17. The Kier molecular flexibility index (Phi) is 8.48. The molecular formula is C27H43N3O5. The van der Waals surface area contributed by atoms with Crippen LogP contribution in [0.1, 0.15) is 52.9 Å². The molecule has 3 rings (SSSR count). The van der Waals surface area contributed by atoms with Gasteiger partial charge in [-0.25, -0.2) is 0 Å². The Morgan fingerprint density at radius 2 is 1.89 bits per heavy atom. The van der Waals surface area contributed by atoms with Crippen molar-refractivity contribution in [3.05, 3.63) is 25.3 Å². The minimum atomic E-state index is -1.06. The fourth-order valence-corrected chi connectivity index (χ4v) is 6.57. The van der Waals surface area contributed by atoms with Gasteiger partial charge in [0.25, 0.3) is 0 Å². The van der Waals surface area contributed by atoms with Crippen LogP contribution in [-0.4, -0.2) is 94.6 Å². The van der Waals surface area contributed by atoms with Gasteiger partial charge in [0.15, 0.2) is 0 Å². The first-order chi connectivity index (χ1) is 16.6. The number of nitrogens with zero attached hydrogens (tertiary/aromatic N) is 3. The molecule has 0 saturated carbocycles. The van der Waals surface area contributed by atoms with Gasteiger partial charge in [-0.05, 0) is 32.1 Å². The van der Waals surface area contributed by atoms with Crippen LogP contribution in [0.4, 0.5) is 0 Å². The van der Waals surface area contributed by atoms with Crippen LogP contribution >= 0.6 is 0 Å². The monoisotopic (exact) mass is 489 g/mol. The van der Waals surface area contributed by atoms with Gasteiger partial charge in [-0.15, -0.1) is 13.2 Å². The molecule has 3 aliphatic rings.